The van der Waals surface area contributed by atoms with Gasteiger partial charge in [0.2, 0.25) is 0 Å². The maximum absolute atomic E-state index is 12.0. The van der Waals surface area contributed by atoms with E-state index in [1.54, 1.807) is 48.5 Å². The summed E-state index contributed by atoms with van der Waals surface area (Å²) in [4.78, 5) is 11.9. The van der Waals surface area contributed by atoms with Crippen molar-refractivity contribution < 1.29 is 26.5 Å². The van der Waals surface area contributed by atoms with Crippen LogP contribution in [0.5, 0.6) is 5.75 Å². The second kappa shape index (κ2) is 16.7. The summed E-state index contributed by atoms with van der Waals surface area (Å²) in [6.45, 7) is 11.4. The van der Waals surface area contributed by atoms with Gasteiger partial charge in [0.15, 0.2) is 5.43 Å². The Morgan fingerprint density at radius 3 is 1.86 bits per heavy atom. The average Bonchev–Trinajstić information content (AvgIpc) is 2.71. The van der Waals surface area contributed by atoms with Gasteiger partial charge < -0.3 is 40.4 Å². The molecule has 0 aliphatic rings. The van der Waals surface area contributed by atoms with Gasteiger partial charge in [-0.2, -0.15) is 12.8 Å². The maximum Gasteiger partial charge on any atom is 4.00 e. The summed E-state index contributed by atoms with van der Waals surface area (Å²) in [7, 11) is 0. The summed E-state index contributed by atoms with van der Waals surface area (Å²) in [5.41, 5.74) is 0.530. The number of fused-ring (bicyclic) bond motifs is 1. The first-order chi connectivity index (χ1) is 12.6. The van der Waals surface area contributed by atoms with Gasteiger partial charge in [0.05, 0.1) is 5.39 Å². The minimum absolute atomic E-state index is 0. The van der Waals surface area contributed by atoms with Crippen LogP contribution in [0.25, 0.3) is 22.3 Å². The van der Waals surface area contributed by atoms with Crippen LogP contribution in [-0.4, -0.2) is 23.9 Å². The fourth-order valence-corrected chi connectivity index (χ4v) is 1.90. The topological polar surface area (TPSA) is 53.3 Å². The average molecular weight is 550 g/mol. The molecule has 1 heterocycles. The van der Waals surface area contributed by atoms with Crippen LogP contribution in [0.3, 0.4) is 0 Å². The SMILES string of the molecule is O=c1c([O-])c(-c2ccccc2)oc2ccccc12.[Br-].[CH2-]CCC.[CH2-]CCC.[Sn+4]. The third-order valence-corrected chi connectivity index (χ3v) is 3.50. The predicted molar refractivity (Wildman–Crippen MR) is 114 cm³/mol. The minimum atomic E-state index is -0.597. The van der Waals surface area contributed by atoms with Crippen LogP contribution in [0.1, 0.15) is 39.5 Å². The molecule has 2 aromatic carbocycles. The Morgan fingerprint density at radius 1 is 0.893 bits per heavy atom. The summed E-state index contributed by atoms with van der Waals surface area (Å²) in [6.07, 6.45) is 4.56. The zero-order valence-electron chi connectivity index (χ0n) is 16.5. The van der Waals surface area contributed by atoms with E-state index in [1.165, 1.54) is 12.8 Å². The van der Waals surface area contributed by atoms with Crippen LogP contribution < -0.4 is 27.5 Å². The van der Waals surface area contributed by atoms with Crippen molar-refractivity contribution >= 4 is 34.9 Å². The Kier molecular flexibility index (Phi) is 17.2. The molecule has 1 aromatic heterocycles. The molecule has 0 bridgehead atoms. The summed E-state index contributed by atoms with van der Waals surface area (Å²) in [6, 6.07) is 15.7. The van der Waals surface area contributed by atoms with E-state index in [-0.39, 0.29) is 46.6 Å². The Balaban J connectivity index is 0. The molecule has 28 heavy (non-hydrogen) atoms. The normalized spacial score (nSPS) is 9.00. The van der Waals surface area contributed by atoms with Gasteiger partial charge in [-0.1, -0.05) is 69.2 Å². The van der Waals surface area contributed by atoms with Crippen molar-refractivity contribution in [1.29, 1.82) is 0 Å². The van der Waals surface area contributed by atoms with E-state index in [9.17, 15) is 9.90 Å². The largest absolute Gasteiger partial charge is 4.00 e. The first-order valence-electron chi connectivity index (χ1n) is 8.97. The zero-order chi connectivity index (χ0) is 19.4. The molecule has 0 N–H and O–H groups in total. The smallest absolute Gasteiger partial charge is 1.00 e. The van der Waals surface area contributed by atoms with E-state index in [0.29, 0.717) is 16.5 Å². The Hall–Kier alpha value is -1.27. The van der Waals surface area contributed by atoms with Gasteiger partial charge in [-0.05, 0) is 17.9 Å². The monoisotopic (exact) mass is 550 g/mol. The van der Waals surface area contributed by atoms with Crippen molar-refractivity contribution in [1.82, 2.24) is 0 Å². The number of para-hydroxylation sites is 1. The molecule has 0 amide bonds. The van der Waals surface area contributed by atoms with Crippen molar-refractivity contribution in [2.45, 2.75) is 39.5 Å². The van der Waals surface area contributed by atoms with Crippen molar-refractivity contribution in [2.24, 2.45) is 0 Å². The second-order valence-corrected chi connectivity index (χ2v) is 5.66. The van der Waals surface area contributed by atoms with E-state index < -0.39 is 11.2 Å². The molecule has 0 saturated heterocycles. The molecule has 0 fully saturated rings. The van der Waals surface area contributed by atoms with Crippen LogP contribution in [0.4, 0.5) is 0 Å². The summed E-state index contributed by atoms with van der Waals surface area (Å²) >= 11 is 0. The number of rotatable bonds is 3. The van der Waals surface area contributed by atoms with Crippen LogP contribution in [0.2, 0.25) is 0 Å². The number of halogens is 1. The van der Waals surface area contributed by atoms with Gasteiger partial charge in [-0.3, -0.25) is 4.79 Å². The van der Waals surface area contributed by atoms with E-state index in [1.807, 2.05) is 6.07 Å². The molecule has 3 rings (SSSR count). The standard InChI is InChI=1S/C15H10O3.2C4H9.BrH.Sn/c16-13-11-8-4-5-9-12(11)18-15(14(13)17)10-6-2-1-3-7-10;2*1-3-4-2;;/h1-9,17H;2*1,3-4H2,2H3;1H;/q;2*-1;;+4/p-2. The van der Waals surface area contributed by atoms with Crippen molar-refractivity contribution in [3.05, 3.63) is 78.7 Å². The molecule has 3 aromatic rings. The summed E-state index contributed by atoms with van der Waals surface area (Å²) < 4.78 is 5.55. The molecule has 148 valence electrons. The fourth-order valence-electron chi connectivity index (χ4n) is 1.90. The molecule has 0 aliphatic heterocycles. The van der Waals surface area contributed by atoms with E-state index >= 15 is 0 Å². The Bertz CT molecular complexity index is 824. The Morgan fingerprint density at radius 2 is 1.36 bits per heavy atom. The maximum atomic E-state index is 12.0. The van der Waals surface area contributed by atoms with Gasteiger partial charge in [0, 0.05) is 5.56 Å². The third kappa shape index (κ3) is 8.82. The van der Waals surface area contributed by atoms with E-state index in [2.05, 4.69) is 27.7 Å². The van der Waals surface area contributed by atoms with Crippen molar-refractivity contribution in [3.8, 4) is 17.1 Å². The first-order valence-corrected chi connectivity index (χ1v) is 8.97. The van der Waals surface area contributed by atoms with Crippen LogP contribution in [0.15, 0.2) is 63.8 Å². The van der Waals surface area contributed by atoms with Crippen molar-refractivity contribution in [3.63, 3.8) is 0 Å². The third-order valence-electron chi connectivity index (χ3n) is 3.50. The molecule has 0 spiro atoms. The molecule has 5 heteroatoms. The van der Waals surface area contributed by atoms with Crippen molar-refractivity contribution in [2.75, 3.05) is 0 Å². The van der Waals surface area contributed by atoms with Gasteiger partial charge in [0.25, 0.3) is 0 Å². The molecular formula is C23H27BrO3Sn. The van der Waals surface area contributed by atoms with E-state index in [4.69, 9.17) is 4.42 Å². The number of hydrogen-bond donors (Lipinski definition) is 0. The van der Waals surface area contributed by atoms with Crippen LogP contribution >= 0.6 is 0 Å². The van der Waals surface area contributed by atoms with Gasteiger partial charge in [-0.25, -0.2) is 0 Å². The molecule has 0 atom stereocenters. The molecular weight excluding hydrogens is 523 g/mol. The van der Waals surface area contributed by atoms with E-state index in [0.717, 1.165) is 12.8 Å². The Labute approximate surface area is 195 Å². The molecule has 0 unspecified atom stereocenters. The van der Waals surface area contributed by atoms with Gasteiger partial charge in [-0.15, -0.1) is 0 Å². The second-order valence-electron chi connectivity index (χ2n) is 5.66. The number of hydrogen-bond acceptors (Lipinski definition) is 3. The molecule has 0 radical (unpaired) electrons. The number of benzene rings is 2. The number of unbranched alkanes of at least 4 members (excludes halogenated alkanes) is 2. The predicted octanol–water partition coefficient (Wildman–Crippen LogP) is 2.40. The quantitative estimate of drug-likeness (QED) is 0.372. The summed E-state index contributed by atoms with van der Waals surface area (Å²) in [5, 5.41) is 12.3. The van der Waals surface area contributed by atoms with Gasteiger partial charge in [0.1, 0.15) is 11.3 Å². The molecule has 3 nitrogen and oxygen atoms in total. The first kappa shape index (κ1) is 28.9. The van der Waals surface area contributed by atoms with Crippen LogP contribution in [-0.2, 0) is 0 Å². The minimum Gasteiger partial charge on any atom is -1.00 e. The van der Waals surface area contributed by atoms with Gasteiger partial charge >= 0.3 is 23.9 Å². The fraction of sp³-hybridized carbons (Fsp3) is 0.261. The van der Waals surface area contributed by atoms with Crippen LogP contribution in [0, 0.1) is 13.8 Å². The zero-order valence-corrected chi connectivity index (χ0v) is 21.0. The molecule has 0 aliphatic carbocycles. The summed E-state index contributed by atoms with van der Waals surface area (Å²) in [5.74, 6) is -0.501. The molecule has 0 saturated carbocycles.